The fourth-order valence-electron chi connectivity index (χ4n) is 1.37. The molecule has 6 heteroatoms. The van der Waals surface area contributed by atoms with E-state index < -0.39 is 15.6 Å². The van der Waals surface area contributed by atoms with Crippen molar-refractivity contribution in [2.24, 2.45) is 0 Å². The normalized spacial score (nSPS) is 12.7. The predicted molar refractivity (Wildman–Crippen MR) is 70.2 cm³/mol. The van der Waals surface area contributed by atoms with Crippen LogP contribution in [-0.4, -0.2) is 25.7 Å². The Labute approximate surface area is 110 Å². The molecule has 0 heterocycles. The standard InChI is InChI=1S/C11H16BrNO3S/c1-11(2,7-8-14)13-17(15,16)10-5-3-9(12)4-6-10/h3-6,13-14H,7-8H2,1-2H3. The van der Waals surface area contributed by atoms with Crippen LogP contribution in [0.15, 0.2) is 33.6 Å². The molecule has 2 N–H and O–H groups in total. The molecule has 0 bridgehead atoms. The van der Waals surface area contributed by atoms with Crippen LogP contribution in [0.4, 0.5) is 0 Å². The quantitative estimate of drug-likeness (QED) is 0.870. The number of aliphatic hydroxyl groups is 1. The molecule has 0 aliphatic carbocycles. The first kappa shape index (κ1) is 14.6. The molecule has 0 amide bonds. The van der Waals surface area contributed by atoms with Gasteiger partial charge in [0.25, 0.3) is 0 Å². The van der Waals surface area contributed by atoms with E-state index in [1.165, 1.54) is 12.1 Å². The first-order valence-electron chi connectivity index (χ1n) is 5.17. The van der Waals surface area contributed by atoms with Crippen molar-refractivity contribution in [1.29, 1.82) is 0 Å². The van der Waals surface area contributed by atoms with Gasteiger partial charge in [-0.05, 0) is 44.5 Å². The molecule has 1 rings (SSSR count). The number of nitrogens with one attached hydrogen (secondary N) is 1. The summed E-state index contributed by atoms with van der Waals surface area (Å²) in [4.78, 5) is 0.215. The van der Waals surface area contributed by atoms with Gasteiger partial charge in [0.2, 0.25) is 10.0 Å². The maximum absolute atomic E-state index is 12.0. The van der Waals surface area contributed by atoms with Gasteiger partial charge in [-0.1, -0.05) is 15.9 Å². The van der Waals surface area contributed by atoms with E-state index in [0.29, 0.717) is 6.42 Å². The monoisotopic (exact) mass is 321 g/mol. The Morgan fingerprint density at radius 3 is 2.29 bits per heavy atom. The minimum Gasteiger partial charge on any atom is -0.396 e. The van der Waals surface area contributed by atoms with Crippen molar-refractivity contribution in [3.8, 4) is 0 Å². The fraction of sp³-hybridized carbons (Fsp3) is 0.455. The topological polar surface area (TPSA) is 66.4 Å². The second kappa shape index (κ2) is 5.48. The van der Waals surface area contributed by atoms with E-state index in [4.69, 9.17) is 5.11 Å². The molecule has 1 aromatic carbocycles. The zero-order valence-electron chi connectivity index (χ0n) is 9.77. The van der Waals surface area contributed by atoms with E-state index in [-0.39, 0.29) is 11.5 Å². The Bertz CT molecular complexity index is 468. The summed E-state index contributed by atoms with van der Waals surface area (Å²) in [6, 6.07) is 6.41. The zero-order chi connectivity index (χ0) is 13.1. The lowest BCUT2D eigenvalue weighted by Gasteiger charge is -2.24. The van der Waals surface area contributed by atoms with Crippen molar-refractivity contribution in [1.82, 2.24) is 4.72 Å². The third kappa shape index (κ3) is 4.39. The first-order valence-corrected chi connectivity index (χ1v) is 7.45. The van der Waals surface area contributed by atoms with Crippen molar-refractivity contribution in [3.63, 3.8) is 0 Å². The van der Waals surface area contributed by atoms with Gasteiger partial charge in [-0.2, -0.15) is 0 Å². The molecule has 17 heavy (non-hydrogen) atoms. The van der Waals surface area contributed by atoms with E-state index in [1.807, 2.05) is 0 Å². The summed E-state index contributed by atoms with van der Waals surface area (Å²) >= 11 is 3.25. The predicted octanol–water partition coefficient (Wildman–Crippen LogP) is 1.89. The van der Waals surface area contributed by atoms with Gasteiger partial charge in [-0.15, -0.1) is 0 Å². The molecule has 0 aliphatic heterocycles. The molecule has 4 nitrogen and oxygen atoms in total. The minimum atomic E-state index is -3.54. The highest BCUT2D eigenvalue weighted by Gasteiger charge is 2.25. The Morgan fingerprint density at radius 1 is 1.29 bits per heavy atom. The smallest absolute Gasteiger partial charge is 0.241 e. The second-order valence-corrected chi connectivity index (χ2v) is 7.01. The largest absolute Gasteiger partial charge is 0.396 e. The summed E-state index contributed by atoms with van der Waals surface area (Å²) in [6.45, 7) is 3.41. The molecule has 0 spiro atoms. The van der Waals surface area contributed by atoms with Gasteiger partial charge in [0.1, 0.15) is 0 Å². The van der Waals surface area contributed by atoms with Crippen LogP contribution >= 0.6 is 15.9 Å². The maximum atomic E-state index is 12.0. The molecule has 0 saturated heterocycles. The third-order valence-electron chi connectivity index (χ3n) is 2.27. The van der Waals surface area contributed by atoms with E-state index in [9.17, 15) is 8.42 Å². The van der Waals surface area contributed by atoms with E-state index >= 15 is 0 Å². The number of rotatable bonds is 5. The van der Waals surface area contributed by atoms with Crippen LogP contribution in [0.25, 0.3) is 0 Å². The highest BCUT2D eigenvalue weighted by Crippen LogP contribution is 2.17. The Balaban J connectivity index is 2.93. The number of hydrogen-bond acceptors (Lipinski definition) is 3. The fourth-order valence-corrected chi connectivity index (χ4v) is 3.07. The highest BCUT2D eigenvalue weighted by atomic mass is 79.9. The van der Waals surface area contributed by atoms with Gasteiger partial charge in [0.15, 0.2) is 0 Å². The third-order valence-corrected chi connectivity index (χ3v) is 4.51. The van der Waals surface area contributed by atoms with Gasteiger partial charge in [0, 0.05) is 16.6 Å². The summed E-state index contributed by atoms with van der Waals surface area (Å²) in [5.41, 5.74) is -0.666. The molecule has 96 valence electrons. The Hall–Kier alpha value is -0.430. The molecule has 0 radical (unpaired) electrons. The lowest BCUT2D eigenvalue weighted by molar-refractivity contribution is 0.246. The first-order chi connectivity index (χ1) is 7.77. The number of halogens is 1. The SMILES string of the molecule is CC(C)(CCO)NS(=O)(=O)c1ccc(Br)cc1. The van der Waals surface area contributed by atoms with Gasteiger partial charge >= 0.3 is 0 Å². The number of aliphatic hydroxyl groups excluding tert-OH is 1. The molecular formula is C11H16BrNO3S. The van der Waals surface area contributed by atoms with Crippen LogP contribution in [-0.2, 0) is 10.0 Å². The van der Waals surface area contributed by atoms with Crippen molar-refractivity contribution >= 4 is 26.0 Å². The van der Waals surface area contributed by atoms with Crippen molar-refractivity contribution < 1.29 is 13.5 Å². The molecule has 0 atom stereocenters. The minimum absolute atomic E-state index is 0.0597. The van der Waals surface area contributed by atoms with E-state index in [2.05, 4.69) is 20.7 Å². The molecule has 0 saturated carbocycles. The molecule has 0 aliphatic rings. The number of hydrogen-bond donors (Lipinski definition) is 2. The van der Waals surface area contributed by atoms with E-state index in [0.717, 1.165) is 4.47 Å². The van der Waals surface area contributed by atoms with Gasteiger partial charge in [-0.25, -0.2) is 13.1 Å². The number of benzene rings is 1. The second-order valence-electron chi connectivity index (χ2n) is 4.42. The van der Waals surface area contributed by atoms with Crippen LogP contribution in [0.1, 0.15) is 20.3 Å². The number of sulfonamides is 1. The van der Waals surface area contributed by atoms with Crippen LogP contribution in [0.2, 0.25) is 0 Å². The lowest BCUT2D eigenvalue weighted by Crippen LogP contribution is -2.43. The molecule has 0 aromatic heterocycles. The summed E-state index contributed by atoms with van der Waals surface area (Å²) in [5, 5.41) is 8.86. The average Bonchev–Trinajstić information content (AvgIpc) is 2.16. The molecule has 1 aromatic rings. The lowest BCUT2D eigenvalue weighted by atomic mass is 10.0. The van der Waals surface area contributed by atoms with Crippen LogP contribution in [0, 0.1) is 0 Å². The van der Waals surface area contributed by atoms with Crippen LogP contribution in [0.5, 0.6) is 0 Å². The Morgan fingerprint density at radius 2 is 1.82 bits per heavy atom. The van der Waals surface area contributed by atoms with Crippen molar-refractivity contribution in [2.45, 2.75) is 30.7 Å². The van der Waals surface area contributed by atoms with Crippen LogP contribution < -0.4 is 4.72 Å². The molecule has 0 fully saturated rings. The summed E-state index contributed by atoms with van der Waals surface area (Å²) in [5.74, 6) is 0. The zero-order valence-corrected chi connectivity index (χ0v) is 12.2. The van der Waals surface area contributed by atoms with E-state index in [1.54, 1.807) is 26.0 Å². The maximum Gasteiger partial charge on any atom is 0.241 e. The van der Waals surface area contributed by atoms with Gasteiger partial charge < -0.3 is 5.11 Å². The molecular weight excluding hydrogens is 306 g/mol. The van der Waals surface area contributed by atoms with Crippen LogP contribution in [0.3, 0.4) is 0 Å². The van der Waals surface area contributed by atoms with Crippen molar-refractivity contribution in [2.75, 3.05) is 6.61 Å². The van der Waals surface area contributed by atoms with Crippen molar-refractivity contribution in [3.05, 3.63) is 28.7 Å². The average molecular weight is 322 g/mol. The summed E-state index contributed by atoms with van der Waals surface area (Å²) in [7, 11) is -3.54. The molecule has 0 unspecified atom stereocenters. The van der Waals surface area contributed by atoms with Gasteiger partial charge in [0.05, 0.1) is 4.90 Å². The highest BCUT2D eigenvalue weighted by molar-refractivity contribution is 9.10. The summed E-state index contributed by atoms with van der Waals surface area (Å²) < 4.78 is 27.4. The van der Waals surface area contributed by atoms with Gasteiger partial charge in [-0.3, -0.25) is 0 Å². The Kier molecular flexibility index (Phi) is 4.71. The summed E-state index contributed by atoms with van der Waals surface area (Å²) in [6.07, 6.45) is 0.364.